The van der Waals surface area contributed by atoms with Crippen molar-refractivity contribution in [1.29, 1.82) is 0 Å². The van der Waals surface area contributed by atoms with Crippen LogP contribution in [0.15, 0.2) is 6.33 Å². The summed E-state index contributed by atoms with van der Waals surface area (Å²) in [6, 6.07) is 0. The summed E-state index contributed by atoms with van der Waals surface area (Å²) in [7, 11) is 0. The molecule has 4 nitrogen and oxygen atoms in total. The van der Waals surface area contributed by atoms with E-state index in [9.17, 15) is 0 Å². The van der Waals surface area contributed by atoms with E-state index in [1.165, 1.54) is 12.8 Å². The Balaban J connectivity index is 2.72. The third-order valence-electron chi connectivity index (χ3n) is 2.89. The van der Waals surface area contributed by atoms with E-state index in [1.807, 2.05) is 0 Å². The van der Waals surface area contributed by atoms with Crippen LogP contribution in [-0.4, -0.2) is 23.1 Å². The number of ether oxygens (including phenoxy) is 1. The molecule has 1 aromatic heterocycles. The second-order valence-corrected chi connectivity index (χ2v) is 4.59. The number of hydrogen-bond donors (Lipinski definition) is 1. The number of rotatable bonds is 8. The van der Waals surface area contributed by atoms with Crippen molar-refractivity contribution in [1.82, 2.24) is 9.97 Å². The van der Waals surface area contributed by atoms with Crippen LogP contribution < -0.4 is 10.1 Å². The molecule has 0 aliphatic heterocycles. The molecule has 1 atom stereocenters. The molecule has 18 heavy (non-hydrogen) atoms. The van der Waals surface area contributed by atoms with Crippen molar-refractivity contribution in [3.8, 4) is 5.88 Å². The number of aromatic nitrogens is 2. The maximum atomic E-state index is 5.84. The fraction of sp³-hybridized carbons (Fsp3) is 0.714. The van der Waals surface area contributed by atoms with E-state index < -0.39 is 0 Å². The first kappa shape index (κ1) is 14.7. The first-order chi connectivity index (χ1) is 8.72. The summed E-state index contributed by atoms with van der Waals surface area (Å²) in [5, 5.41) is 3.25. The molecule has 1 heterocycles. The average molecular weight is 251 g/mol. The van der Waals surface area contributed by atoms with Gasteiger partial charge in [-0.1, -0.05) is 27.2 Å². The smallest absolute Gasteiger partial charge is 0.221 e. The lowest BCUT2D eigenvalue weighted by Crippen LogP contribution is -2.12. The largest absolute Gasteiger partial charge is 0.477 e. The highest BCUT2D eigenvalue weighted by molar-refractivity contribution is 5.48. The minimum absolute atomic E-state index is 0.567. The van der Waals surface area contributed by atoms with Gasteiger partial charge in [0.25, 0.3) is 0 Å². The Morgan fingerprint density at radius 2 is 2.06 bits per heavy atom. The van der Waals surface area contributed by atoms with E-state index in [1.54, 1.807) is 6.33 Å². The molecule has 0 spiro atoms. The van der Waals surface area contributed by atoms with Gasteiger partial charge in [0.15, 0.2) is 0 Å². The van der Waals surface area contributed by atoms with E-state index in [4.69, 9.17) is 4.74 Å². The zero-order chi connectivity index (χ0) is 13.4. The van der Waals surface area contributed by atoms with Crippen molar-refractivity contribution < 1.29 is 4.74 Å². The molecule has 0 aliphatic rings. The third-order valence-corrected chi connectivity index (χ3v) is 2.89. The average Bonchev–Trinajstić information content (AvgIpc) is 2.37. The van der Waals surface area contributed by atoms with Crippen LogP contribution in [0.25, 0.3) is 0 Å². The zero-order valence-electron chi connectivity index (χ0n) is 12.0. The number of nitrogens with zero attached hydrogens (tertiary/aromatic N) is 2. The lowest BCUT2D eigenvalue weighted by molar-refractivity contribution is 0.240. The van der Waals surface area contributed by atoms with E-state index >= 15 is 0 Å². The maximum Gasteiger partial charge on any atom is 0.221 e. The Hall–Kier alpha value is -1.32. The standard InChI is InChI=1S/C14H25N3O/c1-5-8-11(4)9-18-14-12(6-2)13(15-7-3)16-10-17-14/h10-11H,5-9H2,1-4H3,(H,15,16,17). The van der Waals surface area contributed by atoms with Crippen molar-refractivity contribution in [2.75, 3.05) is 18.5 Å². The molecule has 0 bridgehead atoms. The van der Waals surface area contributed by atoms with Gasteiger partial charge >= 0.3 is 0 Å². The SMILES string of the molecule is CCCC(C)COc1ncnc(NCC)c1CC. The van der Waals surface area contributed by atoms with Gasteiger partial charge in [-0.25, -0.2) is 9.97 Å². The van der Waals surface area contributed by atoms with Gasteiger partial charge < -0.3 is 10.1 Å². The van der Waals surface area contributed by atoms with Gasteiger partial charge in [0, 0.05) is 6.54 Å². The zero-order valence-corrected chi connectivity index (χ0v) is 12.0. The van der Waals surface area contributed by atoms with Crippen LogP contribution in [0.3, 0.4) is 0 Å². The van der Waals surface area contributed by atoms with Crippen molar-refractivity contribution in [3.05, 3.63) is 11.9 Å². The third kappa shape index (κ3) is 4.17. The van der Waals surface area contributed by atoms with Gasteiger partial charge in [-0.3, -0.25) is 0 Å². The number of anilines is 1. The summed E-state index contributed by atoms with van der Waals surface area (Å²) in [4.78, 5) is 8.51. The van der Waals surface area contributed by atoms with E-state index in [0.717, 1.165) is 36.8 Å². The van der Waals surface area contributed by atoms with Gasteiger partial charge in [0.05, 0.1) is 12.2 Å². The second-order valence-electron chi connectivity index (χ2n) is 4.59. The Morgan fingerprint density at radius 3 is 2.67 bits per heavy atom. The molecule has 0 amide bonds. The highest BCUT2D eigenvalue weighted by Crippen LogP contribution is 2.23. The molecule has 1 N–H and O–H groups in total. The molecule has 1 unspecified atom stereocenters. The van der Waals surface area contributed by atoms with Crippen LogP contribution in [0.2, 0.25) is 0 Å². The van der Waals surface area contributed by atoms with Crippen LogP contribution in [0.4, 0.5) is 5.82 Å². The summed E-state index contributed by atoms with van der Waals surface area (Å²) in [5.74, 6) is 2.19. The number of hydrogen-bond acceptors (Lipinski definition) is 4. The van der Waals surface area contributed by atoms with Crippen LogP contribution in [-0.2, 0) is 6.42 Å². The van der Waals surface area contributed by atoms with Gasteiger partial charge in [0.2, 0.25) is 5.88 Å². The number of nitrogens with one attached hydrogen (secondary N) is 1. The predicted octanol–water partition coefficient (Wildman–Crippen LogP) is 3.29. The minimum Gasteiger partial charge on any atom is -0.477 e. The van der Waals surface area contributed by atoms with Crippen LogP contribution in [0.5, 0.6) is 5.88 Å². The van der Waals surface area contributed by atoms with Gasteiger partial charge in [-0.15, -0.1) is 0 Å². The Morgan fingerprint density at radius 1 is 1.28 bits per heavy atom. The molecular weight excluding hydrogens is 226 g/mol. The maximum absolute atomic E-state index is 5.84. The van der Waals surface area contributed by atoms with Crippen LogP contribution in [0.1, 0.15) is 46.1 Å². The molecule has 0 aliphatic carbocycles. The molecule has 1 rings (SSSR count). The van der Waals surface area contributed by atoms with Gasteiger partial charge in [0.1, 0.15) is 12.1 Å². The normalized spacial score (nSPS) is 12.2. The lowest BCUT2D eigenvalue weighted by Gasteiger charge is -2.15. The van der Waals surface area contributed by atoms with Crippen molar-refractivity contribution in [2.45, 2.75) is 47.0 Å². The molecule has 0 fully saturated rings. The highest BCUT2D eigenvalue weighted by atomic mass is 16.5. The second kappa shape index (κ2) is 7.90. The first-order valence-corrected chi connectivity index (χ1v) is 6.93. The fourth-order valence-corrected chi connectivity index (χ4v) is 1.96. The summed E-state index contributed by atoms with van der Waals surface area (Å²) >= 11 is 0. The van der Waals surface area contributed by atoms with Crippen molar-refractivity contribution in [2.24, 2.45) is 5.92 Å². The van der Waals surface area contributed by atoms with Crippen LogP contribution in [0, 0.1) is 5.92 Å². The molecule has 0 saturated heterocycles. The van der Waals surface area contributed by atoms with E-state index in [2.05, 4.69) is 43.0 Å². The Labute approximate surface area is 110 Å². The molecule has 0 aromatic carbocycles. The monoisotopic (exact) mass is 251 g/mol. The molecule has 0 radical (unpaired) electrons. The minimum atomic E-state index is 0.567. The molecule has 1 aromatic rings. The molecule has 102 valence electrons. The van der Waals surface area contributed by atoms with Crippen molar-refractivity contribution >= 4 is 5.82 Å². The predicted molar refractivity (Wildman–Crippen MR) is 75.1 cm³/mol. The van der Waals surface area contributed by atoms with Gasteiger partial charge in [-0.05, 0) is 25.7 Å². The Bertz CT molecular complexity index is 355. The van der Waals surface area contributed by atoms with E-state index in [-0.39, 0.29) is 0 Å². The fourth-order valence-electron chi connectivity index (χ4n) is 1.96. The topological polar surface area (TPSA) is 47.0 Å². The quantitative estimate of drug-likeness (QED) is 0.770. The lowest BCUT2D eigenvalue weighted by atomic mass is 10.1. The molecule has 0 saturated carbocycles. The van der Waals surface area contributed by atoms with Crippen LogP contribution >= 0.6 is 0 Å². The van der Waals surface area contributed by atoms with Crippen molar-refractivity contribution in [3.63, 3.8) is 0 Å². The highest BCUT2D eigenvalue weighted by Gasteiger charge is 2.11. The molecule has 4 heteroatoms. The summed E-state index contributed by atoms with van der Waals surface area (Å²) in [5.41, 5.74) is 1.07. The summed E-state index contributed by atoms with van der Waals surface area (Å²) < 4.78 is 5.84. The Kier molecular flexibility index (Phi) is 6.47. The van der Waals surface area contributed by atoms with Gasteiger partial charge in [-0.2, -0.15) is 0 Å². The molecular formula is C14H25N3O. The first-order valence-electron chi connectivity index (χ1n) is 6.93. The summed E-state index contributed by atoms with van der Waals surface area (Å²) in [6.45, 7) is 10.1. The van der Waals surface area contributed by atoms with E-state index in [0.29, 0.717) is 5.92 Å². The summed E-state index contributed by atoms with van der Waals surface area (Å²) in [6.07, 6.45) is 4.82.